The minimum absolute atomic E-state index is 0.0542. The highest BCUT2D eigenvalue weighted by Gasteiger charge is 2.59. The highest BCUT2D eigenvalue weighted by molar-refractivity contribution is 6.08. The average Bonchev–Trinajstić information content (AvgIpc) is 2.88. The van der Waals surface area contributed by atoms with Gasteiger partial charge < -0.3 is 0 Å². The van der Waals surface area contributed by atoms with Gasteiger partial charge in [-0.3, -0.25) is 19.8 Å². The molecule has 2 aliphatic heterocycles. The second-order valence-electron chi connectivity index (χ2n) is 10.8. The van der Waals surface area contributed by atoms with Crippen LogP contribution < -0.4 is 5.32 Å². The molecule has 168 valence electrons. The van der Waals surface area contributed by atoms with Crippen LogP contribution in [0.5, 0.6) is 0 Å². The van der Waals surface area contributed by atoms with Crippen molar-refractivity contribution in [1.29, 1.82) is 0 Å². The maximum atomic E-state index is 13.1. The van der Waals surface area contributed by atoms with Crippen molar-refractivity contribution in [3.05, 3.63) is 0 Å². The topological polar surface area (TPSA) is 49.4 Å². The summed E-state index contributed by atoms with van der Waals surface area (Å²) in [4.78, 5) is 27.8. The van der Waals surface area contributed by atoms with Crippen molar-refractivity contribution in [2.24, 2.45) is 0 Å². The summed E-state index contributed by atoms with van der Waals surface area (Å²) in [6.07, 6.45) is 17.3. The molecular weight excluding hydrogens is 360 g/mol. The summed E-state index contributed by atoms with van der Waals surface area (Å²) < 4.78 is 0. The number of carbonyl (C=O) groups is 2. The number of hydrogen-bond acceptors (Lipinski definition) is 3. The Morgan fingerprint density at radius 1 is 0.793 bits per heavy atom. The highest BCUT2D eigenvalue weighted by atomic mass is 16.2. The predicted molar refractivity (Wildman–Crippen MR) is 121 cm³/mol. The summed E-state index contributed by atoms with van der Waals surface area (Å²) in [6.45, 7) is 11.3. The molecular formula is C25H46N2O2. The van der Waals surface area contributed by atoms with E-state index in [-0.39, 0.29) is 22.9 Å². The third-order valence-electron chi connectivity index (χ3n) is 7.29. The summed E-state index contributed by atoms with van der Waals surface area (Å²) in [5.41, 5.74) is -0.797. The number of nitrogens with one attached hydrogen (secondary N) is 1. The van der Waals surface area contributed by atoms with Crippen LogP contribution in [0.2, 0.25) is 0 Å². The first-order chi connectivity index (χ1) is 13.7. The minimum atomic E-state index is -0.662. The Morgan fingerprint density at radius 2 is 1.28 bits per heavy atom. The number of nitrogens with zero attached hydrogens (tertiary/aromatic N) is 1. The number of imide groups is 1. The first-order valence-electron chi connectivity index (χ1n) is 12.3. The smallest absolute Gasteiger partial charge is 0.247 e. The van der Waals surface area contributed by atoms with Crippen LogP contribution in [0.1, 0.15) is 131 Å². The van der Waals surface area contributed by atoms with Crippen molar-refractivity contribution in [1.82, 2.24) is 10.2 Å². The zero-order valence-electron chi connectivity index (χ0n) is 19.9. The van der Waals surface area contributed by atoms with E-state index in [9.17, 15) is 9.59 Å². The van der Waals surface area contributed by atoms with Crippen molar-refractivity contribution < 1.29 is 9.59 Å². The van der Waals surface area contributed by atoms with E-state index in [0.29, 0.717) is 6.42 Å². The molecule has 0 saturated carbocycles. The van der Waals surface area contributed by atoms with E-state index in [1.807, 2.05) is 0 Å². The largest absolute Gasteiger partial charge is 0.295 e. The molecule has 0 aromatic carbocycles. The molecule has 1 atom stereocenters. The van der Waals surface area contributed by atoms with Gasteiger partial charge in [0, 0.05) is 11.1 Å². The van der Waals surface area contributed by atoms with E-state index in [0.717, 1.165) is 32.1 Å². The minimum Gasteiger partial charge on any atom is -0.295 e. The Kier molecular flexibility index (Phi) is 8.75. The van der Waals surface area contributed by atoms with Crippen molar-refractivity contribution >= 4 is 11.8 Å². The second kappa shape index (κ2) is 10.4. The third-order valence-corrected chi connectivity index (χ3v) is 7.29. The Hall–Kier alpha value is -0.900. The number of unbranched alkanes of at least 4 members (excludes halogenated alkanes) is 9. The lowest BCUT2D eigenvalue weighted by Crippen LogP contribution is -2.70. The molecule has 1 unspecified atom stereocenters. The summed E-state index contributed by atoms with van der Waals surface area (Å²) in [5.74, 6) is -0.152. The van der Waals surface area contributed by atoms with Crippen LogP contribution in [0.25, 0.3) is 0 Å². The van der Waals surface area contributed by atoms with Gasteiger partial charge in [-0.1, -0.05) is 71.1 Å². The van der Waals surface area contributed by atoms with Gasteiger partial charge in [0.05, 0.1) is 6.42 Å². The normalized spacial score (nSPS) is 26.7. The quantitative estimate of drug-likeness (QED) is 0.313. The van der Waals surface area contributed by atoms with Gasteiger partial charge in [-0.2, -0.15) is 0 Å². The molecule has 1 N–H and O–H groups in total. The summed E-state index contributed by atoms with van der Waals surface area (Å²) in [6, 6.07) is 0. The fourth-order valence-corrected chi connectivity index (χ4v) is 6.19. The molecule has 0 aliphatic carbocycles. The van der Waals surface area contributed by atoms with Gasteiger partial charge in [0.1, 0.15) is 5.54 Å². The zero-order chi connectivity index (χ0) is 21.5. The van der Waals surface area contributed by atoms with Crippen LogP contribution in [0, 0.1) is 0 Å². The summed E-state index contributed by atoms with van der Waals surface area (Å²) in [7, 11) is 0. The zero-order valence-corrected chi connectivity index (χ0v) is 19.9. The van der Waals surface area contributed by atoms with E-state index in [1.165, 1.54) is 57.8 Å². The van der Waals surface area contributed by atoms with Crippen LogP contribution in [0.3, 0.4) is 0 Å². The molecule has 29 heavy (non-hydrogen) atoms. The third kappa shape index (κ3) is 6.06. The monoisotopic (exact) mass is 406 g/mol. The van der Waals surface area contributed by atoms with E-state index in [4.69, 9.17) is 0 Å². The molecule has 0 spiro atoms. The van der Waals surface area contributed by atoms with Crippen molar-refractivity contribution in [3.63, 3.8) is 0 Å². The Morgan fingerprint density at radius 3 is 1.72 bits per heavy atom. The molecule has 2 amide bonds. The molecule has 2 rings (SSSR count). The van der Waals surface area contributed by atoms with E-state index >= 15 is 0 Å². The number of rotatable bonds is 12. The van der Waals surface area contributed by atoms with Crippen molar-refractivity contribution in [2.75, 3.05) is 0 Å². The van der Waals surface area contributed by atoms with Gasteiger partial charge in [-0.25, -0.2) is 0 Å². The fourth-order valence-electron chi connectivity index (χ4n) is 6.19. The van der Waals surface area contributed by atoms with Crippen LogP contribution in [-0.2, 0) is 9.59 Å². The first-order valence-corrected chi connectivity index (χ1v) is 12.3. The highest BCUT2D eigenvalue weighted by Crippen LogP contribution is 2.47. The lowest BCUT2D eigenvalue weighted by molar-refractivity contribution is -0.151. The van der Waals surface area contributed by atoms with Crippen molar-refractivity contribution in [3.8, 4) is 0 Å². The van der Waals surface area contributed by atoms with Gasteiger partial charge in [-0.15, -0.1) is 0 Å². The molecule has 4 heteroatoms. The summed E-state index contributed by atoms with van der Waals surface area (Å²) >= 11 is 0. The molecule has 0 aromatic rings. The standard InChI is InChI=1S/C25H46N2O2/c1-6-7-8-9-10-11-12-13-14-15-19-25(20-21(28)26-22(25)29)27-23(2,3)17-16-18-24(27,4)5/h6-20H2,1-5H3,(H,26,28,29). The van der Waals surface area contributed by atoms with Gasteiger partial charge in [-0.05, 0) is 53.4 Å². The van der Waals surface area contributed by atoms with Crippen LogP contribution >= 0.6 is 0 Å². The molecule has 2 aliphatic rings. The molecule has 0 aromatic heterocycles. The fraction of sp³-hybridized carbons (Fsp3) is 0.920. The molecule has 2 saturated heterocycles. The van der Waals surface area contributed by atoms with E-state index in [1.54, 1.807) is 0 Å². The number of carbonyl (C=O) groups excluding carboxylic acids is 2. The molecule has 0 radical (unpaired) electrons. The lowest BCUT2D eigenvalue weighted by Gasteiger charge is -2.59. The maximum absolute atomic E-state index is 13.1. The van der Waals surface area contributed by atoms with Crippen LogP contribution in [-0.4, -0.2) is 33.3 Å². The second-order valence-corrected chi connectivity index (χ2v) is 10.8. The Bertz CT molecular complexity index is 539. The number of hydrogen-bond donors (Lipinski definition) is 1. The lowest BCUT2D eigenvalue weighted by atomic mass is 9.72. The number of amides is 2. The van der Waals surface area contributed by atoms with Crippen LogP contribution in [0.15, 0.2) is 0 Å². The summed E-state index contributed by atoms with van der Waals surface area (Å²) in [5, 5.41) is 2.65. The van der Waals surface area contributed by atoms with E-state index in [2.05, 4.69) is 44.8 Å². The Labute approximate surface area is 179 Å². The van der Waals surface area contributed by atoms with Gasteiger partial charge in [0.15, 0.2) is 0 Å². The van der Waals surface area contributed by atoms with Gasteiger partial charge in [0.2, 0.25) is 11.8 Å². The molecule has 2 heterocycles. The Balaban J connectivity index is 1.92. The molecule has 0 bridgehead atoms. The average molecular weight is 407 g/mol. The number of piperidine rings is 1. The molecule has 2 fully saturated rings. The molecule has 4 nitrogen and oxygen atoms in total. The predicted octanol–water partition coefficient (Wildman–Crippen LogP) is 6.13. The van der Waals surface area contributed by atoms with Crippen LogP contribution in [0.4, 0.5) is 0 Å². The van der Waals surface area contributed by atoms with Gasteiger partial charge in [0.25, 0.3) is 0 Å². The van der Waals surface area contributed by atoms with E-state index < -0.39 is 5.54 Å². The first kappa shape index (κ1) is 24.4. The van der Waals surface area contributed by atoms with Crippen molar-refractivity contribution in [2.45, 2.75) is 148 Å². The maximum Gasteiger partial charge on any atom is 0.247 e. The SMILES string of the molecule is CCCCCCCCCCCCC1(N2C(C)(C)CCCC2(C)C)CC(=O)NC1=O. The van der Waals surface area contributed by atoms with Gasteiger partial charge >= 0.3 is 0 Å². The number of likely N-dealkylation sites (tertiary alicyclic amines) is 1.